The largest absolute Gasteiger partial charge is 0.335 e. The summed E-state index contributed by atoms with van der Waals surface area (Å²) < 4.78 is 0. The van der Waals surface area contributed by atoms with Crippen molar-refractivity contribution >= 4 is 28.6 Å². The van der Waals surface area contributed by atoms with Gasteiger partial charge in [0.2, 0.25) is 0 Å². The van der Waals surface area contributed by atoms with Crippen LogP contribution in [-0.4, -0.2) is 53.4 Å². The van der Waals surface area contributed by atoms with Gasteiger partial charge in [0.25, 0.3) is 5.91 Å². The highest BCUT2D eigenvalue weighted by Crippen LogP contribution is 2.26. The number of piperazine rings is 1. The lowest BCUT2D eigenvalue weighted by Crippen LogP contribution is -2.48. The summed E-state index contributed by atoms with van der Waals surface area (Å²) in [5, 5.41) is 6.90. The highest BCUT2D eigenvalue weighted by atomic mass is 32.1. The van der Waals surface area contributed by atoms with Gasteiger partial charge in [-0.1, -0.05) is 6.92 Å². The van der Waals surface area contributed by atoms with Gasteiger partial charge in [-0.3, -0.25) is 4.79 Å². The fourth-order valence-corrected chi connectivity index (χ4v) is 3.83. The van der Waals surface area contributed by atoms with Crippen molar-refractivity contribution in [1.29, 1.82) is 0 Å². The lowest BCUT2D eigenvalue weighted by Gasteiger charge is -2.33. The van der Waals surface area contributed by atoms with Crippen LogP contribution in [0.3, 0.4) is 0 Å². The molecule has 3 rings (SSSR count). The molecule has 0 unspecified atom stereocenters. The summed E-state index contributed by atoms with van der Waals surface area (Å²) in [5.74, 6) is 0.0680. The number of likely N-dealkylation sites (N-methyl/N-ethyl adjacent to an activating group) is 1. The van der Waals surface area contributed by atoms with Gasteiger partial charge in [-0.15, -0.1) is 11.3 Å². The zero-order chi connectivity index (χ0) is 13.9. The molecule has 1 aliphatic rings. The maximum absolute atomic E-state index is 12.4. The van der Waals surface area contributed by atoms with E-state index >= 15 is 0 Å². The molecule has 0 saturated carbocycles. The number of nitrogens with zero attached hydrogens (tertiary/aromatic N) is 3. The van der Waals surface area contributed by atoms with E-state index in [-0.39, 0.29) is 5.91 Å². The van der Waals surface area contributed by atoms with Gasteiger partial charge in [0.05, 0.1) is 0 Å². The van der Waals surface area contributed by atoms with Crippen LogP contribution in [0.2, 0.25) is 0 Å². The van der Waals surface area contributed by atoms with Gasteiger partial charge in [0, 0.05) is 42.5 Å². The minimum absolute atomic E-state index is 0.0680. The van der Waals surface area contributed by atoms with Crippen LogP contribution in [0.1, 0.15) is 17.4 Å². The number of aromatic nitrogens is 1. The number of amides is 1. The minimum atomic E-state index is 0.0680. The first-order valence-corrected chi connectivity index (χ1v) is 8.60. The Labute approximate surface area is 126 Å². The van der Waals surface area contributed by atoms with Crippen LogP contribution in [0.5, 0.6) is 0 Å². The molecule has 4 nitrogen and oxygen atoms in total. The molecule has 0 aromatic carbocycles. The second-order valence-corrected chi connectivity index (χ2v) is 6.41. The molecule has 0 atom stereocenters. The van der Waals surface area contributed by atoms with E-state index < -0.39 is 0 Å². The second kappa shape index (κ2) is 6.03. The molecule has 1 saturated heterocycles. The molecule has 0 bridgehead atoms. The Bertz CT molecular complexity index is 571. The number of thiazole rings is 1. The standard InChI is InChI=1S/C14H17N3OS2/c1-2-16-4-6-17(7-5-16)14(18)12-10-20-13(15-12)11-3-8-19-9-11/h3,8-10H,2,4-7H2,1H3. The summed E-state index contributed by atoms with van der Waals surface area (Å²) in [6.45, 7) is 6.75. The number of thiophene rings is 1. The molecule has 3 heterocycles. The Morgan fingerprint density at radius 2 is 2.10 bits per heavy atom. The normalized spacial score (nSPS) is 16.6. The second-order valence-electron chi connectivity index (χ2n) is 4.78. The van der Waals surface area contributed by atoms with Crippen molar-refractivity contribution in [3.05, 3.63) is 27.9 Å². The van der Waals surface area contributed by atoms with Gasteiger partial charge in [0.1, 0.15) is 10.7 Å². The van der Waals surface area contributed by atoms with Crippen LogP contribution in [0, 0.1) is 0 Å². The van der Waals surface area contributed by atoms with Crippen LogP contribution in [0.4, 0.5) is 0 Å². The van der Waals surface area contributed by atoms with Crippen molar-refractivity contribution < 1.29 is 4.79 Å². The van der Waals surface area contributed by atoms with Crippen molar-refractivity contribution in [3.8, 4) is 10.6 Å². The van der Waals surface area contributed by atoms with Gasteiger partial charge in [-0.25, -0.2) is 4.98 Å². The van der Waals surface area contributed by atoms with Crippen molar-refractivity contribution in [2.45, 2.75) is 6.92 Å². The molecule has 0 spiro atoms. The highest BCUT2D eigenvalue weighted by molar-refractivity contribution is 7.14. The summed E-state index contributed by atoms with van der Waals surface area (Å²) in [4.78, 5) is 21.2. The minimum Gasteiger partial charge on any atom is -0.335 e. The zero-order valence-corrected chi connectivity index (χ0v) is 13.0. The molecular weight excluding hydrogens is 290 g/mol. The molecule has 6 heteroatoms. The molecule has 1 amide bonds. The van der Waals surface area contributed by atoms with Crippen molar-refractivity contribution in [2.75, 3.05) is 32.7 Å². The molecule has 1 aliphatic heterocycles. The average Bonchev–Trinajstić information content (AvgIpc) is 3.17. The third kappa shape index (κ3) is 2.77. The fraction of sp³-hybridized carbons (Fsp3) is 0.429. The van der Waals surface area contributed by atoms with E-state index in [0.717, 1.165) is 43.3 Å². The fourth-order valence-electron chi connectivity index (χ4n) is 2.32. The van der Waals surface area contributed by atoms with Crippen molar-refractivity contribution in [1.82, 2.24) is 14.8 Å². The Morgan fingerprint density at radius 3 is 2.75 bits per heavy atom. The number of rotatable bonds is 3. The third-order valence-electron chi connectivity index (χ3n) is 3.60. The predicted octanol–water partition coefficient (Wildman–Crippen LogP) is 2.65. The summed E-state index contributed by atoms with van der Waals surface area (Å²) >= 11 is 3.19. The van der Waals surface area contributed by atoms with Gasteiger partial charge in [0.15, 0.2) is 0 Å². The number of hydrogen-bond acceptors (Lipinski definition) is 5. The van der Waals surface area contributed by atoms with Gasteiger partial charge < -0.3 is 9.80 Å². The Kier molecular flexibility index (Phi) is 4.14. The summed E-state index contributed by atoms with van der Waals surface area (Å²) in [6, 6.07) is 2.04. The van der Waals surface area contributed by atoms with E-state index in [0.29, 0.717) is 5.69 Å². The first-order valence-electron chi connectivity index (χ1n) is 6.77. The summed E-state index contributed by atoms with van der Waals surface area (Å²) in [5.41, 5.74) is 1.69. The molecule has 20 heavy (non-hydrogen) atoms. The topological polar surface area (TPSA) is 36.4 Å². The van der Waals surface area contributed by atoms with Gasteiger partial charge in [-0.05, 0) is 18.0 Å². The van der Waals surface area contributed by atoms with Crippen LogP contribution in [0.15, 0.2) is 22.2 Å². The van der Waals surface area contributed by atoms with Crippen molar-refractivity contribution in [3.63, 3.8) is 0 Å². The molecule has 0 aliphatic carbocycles. The SMILES string of the molecule is CCN1CCN(C(=O)c2csc(-c3ccsc3)n2)CC1. The predicted molar refractivity (Wildman–Crippen MR) is 83.4 cm³/mol. The maximum atomic E-state index is 12.4. The van der Waals surface area contributed by atoms with Crippen molar-refractivity contribution in [2.24, 2.45) is 0 Å². The molecular formula is C14H17N3OS2. The summed E-state index contributed by atoms with van der Waals surface area (Å²) in [6.07, 6.45) is 0. The first kappa shape index (κ1) is 13.7. The molecule has 0 radical (unpaired) electrons. The average molecular weight is 307 g/mol. The van der Waals surface area contributed by atoms with E-state index in [1.807, 2.05) is 21.7 Å². The van der Waals surface area contributed by atoms with Crippen LogP contribution >= 0.6 is 22.7 Å². The molecule has 106 valence electrons. The van der Waals surface area contributed by atoms with E-state index in [4.69, 9.17) is 0 Å². The number of carbonyl (C=O) groups is 1. The molecule has 1 fully saturated rings. The lowest BCUT2D eigenvalue weighted by atomic mass is 10.3. The molecule has 2 aromatic heterocycles. The smallest absolute Gasteiger partial charge is 0.273 e. The van der Waals surface area contributed by atoms with Gasteiger partial charge in [-0.2, -0.15) is 11.3 Å². The lowest BCUT2D eigenvalue weighted by molar-refractivity contribution is 0.0638. The maximum Gasteiger partial charge on any atom is 0.273 e. The van der Waals surface area contributed by atoms with E-state index in [9.17, 15) is 4.79 Å². The Morgan fingerprint density at radius 1 is 1.30 bits per heavy atom. The first-order chi connectivity index (χ1) is 9.78. The van der Waals surface area contributed by atoms with Crippen LogP contribution < -0.4 is 0 Å². The monoisotopic (exact) mass is 307 g/mol. The Hall–Kier alpha value is -1.24. The third-order valence-corrected chi connectivity index (χ3v) is 5.17. The quantitative estimate of drug-likeness (QED) is 0.874. The molecule has 2 aromatic rings. The van der Waals surface area contributed by atoms with E-state index in [1.54, 1.807) is 22.7 Å². The van der Waals surface area contributed by atoms with Crippen LogP contribution in [0.25, 0.3) is 10.6 Å². The summed E-state index contributed by atoms with van der Waals surface area (Å²) in [7, 11) is 0. The Balaban J connectivity index is 1.69. The highest BCUT2D eigenvalue weighted by Gasteiger charge is 2.23. The van der Waals surface area contributed by atoms with Gasteiger partial charge >= 0.3 is 0 Å². The van der Waals surface area contributed by atoms with E-state index in [1.165, 1.54) is 0 Å². The zero-order valence-electron chi connectivity index (χ0n) is 11.4. The number of hydrogen-bond donors (Lipinski definition) is 0. The number of carbonyl (C=O) groups excluding carboxylic acids is 1. The van der Waals surface area contributed by atoms with E-state index in [2.05, 4.69) is 22.2 Å². The molecule has 0 N–H and O–H groups in total. The van der Waals surface area contributed by atoms with Crippen LogP contribution in [-0.2, 0) is 0 Å².